The van der Waals surface area contributed by atoms with Crippen molar-refractivity contribution in [3.05, 3.63) is 51.2 Å². The van der Waals surface area contributed by atoms with Crippen LogP contribution in [0.4, 0.5) is 5.69 Å². The lowest BCUT2D eigenvalue weighted by Crippen LogP contribution is -2.41. The number of nitrogens with zero attached hydrogens (tertiary/aromatic N) is 2. The molecular weight excluding hydrogens is 418 g/mol. The van der Waals surface area contributed by atoms with Crippen LogP contribution in [0.5, 0.6) is 0 Å². The summed E-state index contributed by atoms with van der Waals surface area (Å²) in [7, 11) is 1.22. The summed E-state index contributed by atoms with van der Waals surface area (Å²) >= 11 is 0. The number of methoxy groups -OCH3 is 1. The molecule has 1 amide bonds. The second-order valence-electron chi connectivity index (χ2n) is 8.35. The molecule has 0 fully saturated rings. The lowest BCUT2D eigenvalue weighted by molar-refractivity contribution is -0.384. The van der Waals surface area contributed by atoms with Gasteiger partial charge in [-0.15, -0.1) is 0 Å². The van der Waals surface area contributed by atoms with E-state index in [1.165, 1.54) is 25.3 Å². The fourth-order valence-corrected chi connectivity index (χ4v) is 3.58. The summed E-state index contributed by atoms with van der Waals surface area (Å²) in [6.45, 7) is 7.96. The van der Waals surface area contributed by atoms with E-state index in [2.05, 4.69) is 10.3 Å². The number of amides is 1. The number of hydrogen-bond donors (Lipinski definition) is 1. The number of carbonyl (C=O) groups is 3. The molecule has 1 aromatic carbocycles. The Bertz CT molecular complexity index is 1010. The average Bonchev–Trinajstić information content (AvgIpc) is 2.69. The largest absolute Gasteiger partial charge is 0.468 e. The van der Waals surface area contributed by atoms with Crippen molar-refractivity contribution in [1.29, 1.82) is 0 Å². The highest BCUT2D eigenvalue weighted by Gasteiger charge is 2.42. The molecule has 2 unspecified atom stereocenters. The molecule has 0 bridgehead atoms. The topological polar surface area (TPSA) is 137 Å². The minimum Gasteiger partial charge on any atom is -0.468 e. The molecule has 10 nitrogen and oxygen atoms in total. The van der Waals surface area contributed by atoms with Gasteiger partial charge in [0.2, 0.25) is 5.91 Å². The fourth-order valence-electron chi connectivity index (χ4n) is 3.58. The van der Waals surface area contributed by atoms with Gasteiger partial charge in [0.05, 0.1) is 12.0 Å². The molecule has 2 rings (SSSR count). The summed E-state index contributed by atoms with van der Waals surface area (Å²) in [4.78, 5) is 52.8. The van der Waals surface area contributed by atoms with Crippen molar-refractivity contribution in [2.24, 2.45) is 10.9 Å². The van der Waals surface area contributed by atoms with Crippen LogP contribution in [0.25, 0.3) is 0 Å². The first-order chi connectivity index (χ1) is 14.9. The van der Waals surface area contributed by atoms with Crippen molar-refractivity contribution >= 4 is 29.2 Å². The first kappa shape index (κ1) is 24.7. The van der Waals surface area contributed by atoms with Gasteiger partial charge in [0, 0.05) is 35.0 Å². The van der Waals surface area contributed by atoms with Crippen LogP contribution < -0.4 is 5.32 Å². The van der Waals surface area contributed by atoms with Crippen molar-refractivity contribution in [3.8, 4) is 0 Å². The highest BCUT2D eigenvalue weighted by atomic mass is 16.6. The summed E-state index contributed by atoms with van der Waals surface area (Å²) in [6.07, 6.45) is 0. The Morgan fingerprint density at radius 1 is 1.22 bits per heavy atom. The van der Waals surface area contributed by atoms with Gasteiger partial charge in [-0.05, 0) is 40.2 Å². The fraction of sp³-hybridized carbons (Fsp3) is 0.455. The van der Waals surface area contributed by atoms with Crippen molar-refractivity contribution in [1.82, 2.24) is 5.32 Å². The van der Waals surface area contributed by atoms with E-state index in [-0.39, 0.29) is 17.8 Å². The number of nitrogens with one attached hydrogen (secondary N) is 1. The number of nitro groups is 1. The van der Waals surface area contributed by atoms with Crippen LogP contribution >= 0.6 is 0 Å². The lowest BCUT2D eigenvalue weighted by Gasteiger charge is -2.31. The molecule has 0 saturated heterocycles. The molecule has 1 aliphatic heterocycles. The number of nitro benzene ring substituents is 1. The zero-order chi connectivity index (χ0) is 24.2. The summed E-state index contributed by atoms with van der Waals surface area (Å²) in [5.74, 6) is -3.75. The van der Waals surface area contributed by atoms with Crippen LogP contribution in [0.1, 0.15) is 46.1 Å². The van der Waals surface area contributed by atoms with Gasteiger partial charge in [0.1, 0.15) is 18.1 Å². The number of aliphatic imine (C=N–C) groups is 1. The van der Waals surface area contributed by atoms with Gasteiger partial charge < -0.3 is 14.8 Å². The van der Waals surface area contributed by atoms with E-state index in [0.717, 1.165) is 0 Å². The van der Waals surface area contributed by atoms with Crippen LogP contribution in [0.3, 0.4) is 0 Å². The molecule has 1 aromatic rings. The van der Waals surface area contributed by atoms with Gasteiger partial charge in [-0.1, -0.05) is 12.1 Å². The lowest BCUT2D eigenvalue weighted by atomic mass is 9.75. The predicted octanol–water partition coefficient (Wildman–Crippen LogP) is 2.67. The van der Waals surface area contributed by atoms with Gasteiger partial charge >= 0.3 is 11.9 Å². The predicted molar refractivity (Wildman–Crippen MR) is 116 cm³/mol. The first-order valence-corrected chi connectivity index (χ1v) is 9.94. The molecule has 0 saturated carbocycles. The summed E-state index contributed by atoms with van der Waals surface area (Å²) < 4.78 is 10.1. The van der Waals surface area contributed by atoms with Crippen LogP contribution in [0.2, 0.25) is 0 Å². The Balaban J connectivity index is 2.48. The third kappa shape index (κ3) is 5.77. The molecule has 2 atom stereocenters. The van der Waals surface area contributed by atoms with Gasteiger partial charge in [0.25, 0.3) is 5.69 Å². The maximum atomic E-state index is 13.1. The van der Waals surface area contributed by atoms with Crippen molar-refractivity contribution in [2.45, 2.75) is 46.1 Å². The standard InChI is InChI=1S/C22H27N3O7/c1-12-17(20(27)23-11-16(26)32-22(3,4)5)19(18(13(2)24-12)21(28)31-6)14-8-7-9-15(10-14)25(29)30/h7-10,18-19H,11H2,1-6H3,(H,23,27). The van der Waals surface area contributed by atoms with E-state index in [4.69, 9.17) is 9.47 Å². The quantitative estimate of drug-likeness (QED) is 0.404. The summed E-state index contributed by atoms with van der Waals surface area (Å²) in [5.41, 5.74) is 0.346. The Morgan fingerprint density at radius 2 is 1.88 bits per heavy atom. The normalized spacial score (nSPS) is 18.5. The molecule has 10 heteroatoms. The van der Waals surface area contributed by atoms with Crippen LogP contribution in [-0.2, 0) is 23.9 Å². The van der Waals surface area contributed by atoms with E-state index < -0.39 is 40.2 Å². The molecule has 32 heavy (non-hydrogen) atoms. The van der Waals surface area contributed by atoms with E-state index in [1.54, 1.807) is 40.7 Å². The minimum absolute atomic E-state index is 0.120. The van der Waals surface area contributed by atoms with Gasteiger partial charge in [0.15, 0.2) is 0 Å². The molecule has 0 aromatic heterocycles. The van der Waals surface area contributed by atoms with Gasteiger partial charge in [-0.3, -0.25) is 29.5 Å². The Hall–Kier alpha value is -3.56. The van der Waals surface area contributed by atoms with E-state index in [0.29, 0.717) is 17.0 Å². The molecule has 0 radical (unpaired) electrons. The average molecular weight is 445 g/mol. The smallest absolute Gasteiger partial charge is 0.325 e. The number of non-ortho nitro benzene ring substituents is 1. The van der Waals surface area contributed by atoms with Crippen molar-refractivity contribution in [3.63, 3.8) is 0 Å². The molecule has 1 aliphatic rings. The third-order valence-corrected chi connectivity index (χ3v) is 4.78. The minimum atomic E-state index is -0.965. The monoisotopic (exact) mass is 445 g/mol. The SMILES string of the molecule is COC(=O)C1C(C)=NC(C)=C(C(=O)NCC(=O)OC(C)(C)C)C1c1cccc([N+](=O)[O-])c1. The number of ether oxygens (including phenoxy) is 2. The van der Waals surface area contributed by atoms with Crippen LogP contribution in [-0.4, -0.2) is 47.7 Å². The van der Waals surface area contributed by atoms with Crippen molar-refractivity contribution < 1.29 is 28.8 Å². The molecule has 1 N–H and O–H groups in total. The van der Waals surface area contributed by atoms with E-state index >= 15 is 0 Å². The second-order valence-corrected chi connectivity index (χ2v) is 8.35. The number of hydrogen-bond acceptors (Lipinski definition) is 8. The maximum Gasteiger partial charge on any atom is 0.325 e. The Labute approximate surface area is 185 Å². The number of benzene rings is 1. The zero-order valence-electron chi connectivity index (χ0n) is 18.9. The molecule has 0 aliphatic carbocycles. The maximum absolute atomic E-state index is 13.1. The summed E-state index contributed by atoms with van der Waals surface area (Å²) in [6, 6.07) is 5.71. The summed E-state index contributed by atoms with van der Waals surface area (Å²) in [5, 5.41) is 13.8. The number of rotatable bonds is 6. The number of allylic oxidation sites excluding steroid dienone is 1. The Morgan fingerprint density at radius 3 is 2.44 bits per heavy atom. The molecule has 172 valence electrons. The van der Waals surface area contributed by atoms with Gasteiger partial charge in [-0.25, -0.2) is 0 Å². The zero-order valence-corrected chi connectivity index (χ0v) is 18.9. The van der Waals surface area contributed by atoms with Crippen molar-refractivity contribution in [2.75, 3.05) is 13.7 Å². The molecule has 1 heterocycles. The van der Waals surface area contributed by atoms with Gasteiger partial charge in [-0.2, -0.15) is 0 Å². The number of carbonyl (C=O) groups excluding carboxylic acids is 3. The van der Waals surface area contributed by atoms with Crippen LogP contribution in [0.15, 0.2) is 40.5 Å². The highest BCUT2D eigenvalue weighted by molar-refractivity contribution is 6.08. The molecule has 0 spiro atoms. The highest BCUT2D eigenvalue weighted by Crippen LogP contribution is 2.40. The Kier molecular flexibility index (Phi) is 7.50. The number of esters is 2. The first-order valence-electron chi connectivity index (χ1n) is 9.94. The molecular formula is C22H27N3O7. The second kappa shape index (κ2) is 9.71. The van der Waals surface area contributed by atoms with Crippen LogP contribution in [0, 0.1) is 16.0 Å². The third-order valence-electron chi connectivity index (χ3n) is 4.78. The van der Waals surface area contributed by atoms with E-state index in [1.807, 2.05) is 0 Å². The van der Waals surface area contributed by atoms with E-state index in [9.17, 15) is 24.5 Å².